The topological polar surface area (TPSA) is 109 Å². The van der Waals surface area contributed by atoms with E-state index in [0.29, 0.717) is 43.1 Å². The van der Waals surface area contributed by atoms with Crippen molar-refractivity contribution < 1.29 is 23.2 Å². The third-order valence-electron chi connectivity index (χ3n) is 9.90. The van der Waals surface area contributed by atoms with E-state index in [2.05, 4.69) is 58.7 Å². The van der Waals surface area contributed by atoms with Crippen LogP contribution >= 0.6 is 0 Å². The van der Waals surface area contributed by atoms with Crippen LogP contribution in [0.15, 0.2) is 85.2 Å². The molecule has 0 spiro atoms. The van der Waals surface area contributed by atoms with E-state index in [1.807, 2.05) is 24.3 Å². The smallest absolute Gasteiger partial charge is 0.271 e. The van der Waals surface area contributed by atoms with Gasteiger partial charge >= 0.3 is 0 Å². The van der Waals surface area contributed by atoms with Gasteiger partial charge in [-0.05, 0) is 104 Å². The molecule has 1 aliphatic carbocycles. The van der Waals surface area contributed by atoms with Crippen molar-refractivity contribution in [2.24, 2.45) is 11.8 Å². The highest BCUT2D eigenvalue weighted by Crippen LogP contribution is 2.42. The molecule has 2 aliphatic rings. The summed E-state index contributed by atoms with van der Waals surface area (Å²) in [6.45, 7) is 5.23. The maximum Gasteiger partial charge on any atom is 0.271 e. The number of amides is 2. The maximum absolute atomic E-state index is 14.5. The molecule has 262 valence electrons. The van der Waals surface area contributed by atoms with E-state index in [1.165, 1.54) is 51.5 Å². The molecule has 2 N–H and O–H groups in total. The zero-order valence-corrected chi connectivity index (χ0v) is 28.6. The number of hydrogen-bond acceptors (Lipinski definition) is 6. The number of aromatic nitrogens is 3. The van der Waals surface area contributed by atoms with Gasteiger partial charge in [-0.15, -0.1) is 0 Å². The summed E-state index contributed by atoms with van der Waals surface area (Å²) in [6.07, 6.45) is 6.83. The average molecular weight is 691 g/mol. The highest BCUT2D eigenvalue weighted by molar-refractivity contribution is 6.23. The number of hydrogen-bond donors (Lipinski definition) is 2. The van der Waals surface area contributed by atoms with E-state index in [-0.39, 0.29) is 40.8 Å². The van der Waals surface area contributed by atoms with Gasteiger partial charge in [0.15, 0.2) is 5.78 Å². The standard InChI is InChI=1S/C40H40F2N6O3/c1-24(2)43-20-4-5-25-8-10-26(11-9-25)28-6-3-7-31(21-28)48-33-17-18-34(42)46-37(33)38(49)36(40(48)51)27-12-15-30(16-13-27)44-39(50)32-23-47-22-29(41)14-19-35(47)45-32/h3,6-11,14,17-19,21-24,27,30,36,43H,4-5,12-13,15-16,20H2,1-2H3,(H,44,50). The van der Waals surface area contributed by atoms with Crippen molar-refractivity contribution in [1.29, 1.82) is 0 Å². The lowest BCUT2D eigenvalue weighted by molar-refractivity contribution is -0.122. The summed E-state index contributed by atoms with van der Waals surface area (Å²) in [5.41, 5.74) is 4.56. The third-order valence-corrected chi connectivity index (χ3v) is 9.90. The van der Waals surface area contributed by atoms with E-state index in [1.54, 1.807) is 0 Å². The molecule has 9 nitrogen and oxygen atoms in total. The average Bonchev–Trinajstić information content (AvgIpc) is 3.55. The number of fused-ring (bicyclic) bond motifs is 2. The van der Waals surface area contributed by atoms with Crippen LogP contribution in [0.5, 0.6) is 0 Å². The maximum atomic E-state index is 14.5. The number of pyridine rings is 2. The Morgan fingerprint density at radius 3 is 2.45 bits per heavy atom. The van der Waals surface area contributed by atoms with E-state index in [0.717, 1.165) is 30.5 Å². The Morgan fingerprint density at radius 2 is 1.69 bits per heavy atom. The molecule has 1 aliphatic heterocycles. The summed E-state index contributed by atoms with van der Waals surface area (Å²) in [4.78, 5) is 51.0. The monoisotopic (exact) mass is 690 g/mol. The molecule has 7 rings (SSSR count). The van der Waals surface area contributed by atoms with Gasteiger partial charge in [-0.3, -0.25) is 19.3 Å². The van der Waals surface area contributed by atoms with Crippen molar-refractivity contribution in [2.45, 2.75) is 64.5 Å². The molecule has 51 heavy (non-hydrogen) atoms. The second kappa shape index (κ2) is 14.5. The summed E-state index contributed by atoms with van der Waals surface area (Å²) in [7, 11) is 0. The molecule has 5 aromatic rings. The van der Waals surface area contributed by atoms with Gasteiger partial charge in [-0.2, -0.15) is 4.39 Å². The predicted octanol–water partition coefficient (Wildman–Crippen LogP) is 7.07. The van der Waals surface area contributed by atoms with Crippen LogP contribution in [0.3, 0.4) is 0 Å². The van der Waals surface area contributed by atoms with Crippen molar-refractivity contribution in [3.8, 4) is 11.1 Å². The SMILES string of the molecule is CC(C)NCCCc1ccc(-c2cccc(N3C(=O)C(C4CCC(NC(=O)c5cn6cc(F)ccc6n5)CC4)C(=O)c4nc(F)ccc43)c2)cc1. The van der Waals surface area contributed by atoms with Crippen LogP contribution in [-0.2, 0) is 11.2 Å². The lowest BCUT2D eigenvalue weighted by atomic mass is 9.73. The Balaban J connectivity index is 1.07. The largest absolute Gasteiger partial charge is 0.348 e. The number of Topliss-reactive ketones (excluding diaryl/α,β-unsaturated/α-hetero) is 1. The summed E-state index contributed by atoms with van der Waals surface area (Å²) >= 11 is 0. The molecule has 2 amide bonds. The zero-order chi connectivity index (χ0) is 35.6. The van der Waals surface area contributed by atoms with Crippen LogP contribution in [0.4, 0.5) is 20.2 Å². The molecule has 1 fully saturated rings. The summed E-state index contributed by atoms with van der Waals surface area (Å²) in [6, 6.07) is 21.6. The first-order valence-corrected chi connectivity index (χ1v) is 17.6. The first kappa shape index (κ1) is 34.2. The Bertz CT molecular complexity index is 2090. The fraction of sp³-hybridized carbons (Fsp3) is 0.325. The number of anilines is 2. The van der Waals surface area contributed by atoms with Crippen molar-refractivity contribution >= 4 is 34.6 Å². The van der Waals surface area contributed by atoms with Crippen molar-refractivity contribution in [3.63, 3.8) is 0 Å². The highest BCUT2D eigenvalue weighted by Gasteiger charge is 2.46. The van der Waals surface area contributed by atoms with Crippen LogP contribution in [-0.4, -0.2) is 50.6 Å². The molecule has 2 aromatic carbocycles. The van der Waals surface area contributed by atoms with Gasteiger partial charge in [0.05, 0.1) is 5.69 Å². The lowest BCUT2D eigenvalue weighted by Crippen LogP contribution is -2.48. The van der Waals surface area contributed by atoms with E-state index < -0.39 is 23.5 Å². The Morgan fingerprint density at radius 1 is 0.902 bits per heavy atom. The van der Waals surface area contributed by atoms with Gasteiger partial charge in [0.1, 0.15) is 28.8 Å². The molecule has 1 atom stereocenters. The van der Waals surface area contributed by atoms with Gasteiger partial charge in [0.2, 0.25) is 11.9 Å². The van der Waals surface area contributed by atoms with Crippen molar-refractivity contribution in [2.75, 3.05) is 11.4 Å². The summed E-state index contributed by atoms with van der Waals surface area (Å²) in [5, 5.41) is 6.45. The molecule has 0 bridgehead atoms. The number of benzene rings is 2. The minimum absolute atomic E-state index is 0.0555. The van der Waals surface area contributed by atoms with E-state index in [9.17, 15) is 23.2 Å². The first-order valence-electron chi connectivity index (χ1n) is 17.6. The molecule has 1 unspecified atom stereocenters. The molecular weight excluding hydrogens is 650 g/mol. The number of halogens is 2. The highest BCUT2D eigenvalue weighted by atomic mass is 19.1. The van der Waals surface area contributed by atoms with Crippen LogP contribution in [0.25, 0.3) is 16.8 Å². The number of carbonyl (C=O) groups excluding carboxylic acids is 3. The Kier molecular flexibility index (Phi) is 9.73. The minimum Gasteiger partial charge on any atom is -0.348 e. The summed E-state index contributed by atoms with van der Waals surface area (Å²) < 4.78 is 29.6. The fourth-order valence-corrected chi connectivity index (χ4v) is 7.29. The van der Waals surface area contributed by atoms with Gasteiger partial charge < -0.3 is 15.0 Å². The second-order valence-electron chi connectivity index (χ2n) is 13.8. The fourth-order valence-electron chi connectivity index (χ4n) is 7.29. The van der Waals surface area contributed by atoms with Gasteiger partial charge in [0, 0.05) is 30.2 Å². The van der Waals surface area contributed by atoms with Crippen LogP contribution in [0, 0.1) is 23.6 Å². The number of aryl methyl sites for hydroxylation is 1. The van der Waals surface area contributed by atoms with Gasteiger partial charge in [-0.25, -0.2) is 14.4 Å². The number of ketones is 1. The van der Waals surface area contributed by atoms with E-state index >= 15 is 0 Å². The minimum atomic E-state index is -1.04. The third kappa shape index (κ3) is 7.30. The normalized spacial score (nSPS) is 19.1. The molecule has 3 aromatic heterocycles. The van der Waals surface area contributed by atoms with E-state index in [4.69, 9.17) is 0 Å². The van der Waals surface area contributed by atoms with Crippen molar-refractivity contribution in [3.05, 3.63) is 114 Å². The lowest BCUT2D eigenvalue weighted by Gasteiger charge is -2.38. The molecule has 1 saturated carbocycles. The first-order chi connectivity index (χ1) is 24.6. The number of nitrogens with zero attached hydrogens (tertiary/aromatic N) is 4. The molecule has 0 radical (unpaired) electrons. The number of carbonyl (C=O) groups is 3. The number of imidazole rings is 1. The van der Waals surface area contributed by atoms with Crippen LogP contribution in [0.2, 0.25) is 0 Å². The second-order valence-corrected chi connectivity index (χ2v) is 13.8. The van der Waals surface area contributed by atoms with Crippen molar-refractivity contribution in [1.82, 2.24) is 25.0 Å². The number of nitrogens with one attached hydrogen (secondary N) is 2. The Hall–Kier alpha value is -5.29. The zero-order valence-electron chi connectivity index (χ0n) is 28.6. The molecule has 11 heteroatoms. The van der Waals surface area contributed by atoms with Crippen LogP contribution in [0.1, 0.15) is 72.5 Å². The van der Waals surface area contributed by atoms with Gasteiger partial charge in [0.25, 0.3) is 5.91 Å². The molecular formula is C40H40F2N6O3. The number of rotatable bonds is 10. The van der Waals surface area contributed by atoms with Crippen LogP contribution < -0.4 is 15.5 Å². The summed E-state index contributed by atoms with van der Waals surface area (Å²) in [5.74, 6) is -3.80. The predicted molar refractivity (Wildman–Crippen MR) is 191 cm³/mol. The molecule has 0 saturated heterocycles. The van der Waals surface area contributed by atoms with Gasteiger partial charge in [-0.1, -0.05) is 50.2 Å². The molecule has 4 heterocycles. The Labute approximate surface area is 295 Å². The quantitative estimate of drug-likeness (QED) is 0.0922.